The van der Waals surface area contributed by atoms with Gasteiger partial charge in [-0.1, -0.05) is 60.7 Å². The van der Waals surface area contributed by atoms with Crippen molar-refractivity contribution in [2.75, 3.05) is 7.11 Å². The molecule has 0 aliphatic carbocycles. The summed E-state index contributed by atoms with van der Waals surface area (Å²) < 4.78 is 9.72. The van der Waals surface area contributed by atoms with Crippen LogP contribution in [0.2, 0.25) is 0 Å². The van der Waals surface area contributed by atoms with Gasteiger partial charge in [0.2, 0.25) is 0 Å². The molecule has 0 aliphatic rings. The van der Waals surface area contributed by atoms with Crippen LogP contribution in [0, 0.1) is 0 Å². The van der Waals surface area contributed by atoms with Gasteiger partial charge in [0.1, 0.15) is 12.7 Å². The Balaban J connectivity index is 2.00. The van der Waals surface area contributed by atoms with Gasteiger partial charge in [-0.3, -0.25) is 0 Å². The third-order valence-electron chi connectivity index (χ3n) is 3.40. The monoisotopic (exact) mass is 329 g/mol. The van der Waals surface area contributed by atoms with Crippen LogP contribution in [0.1, 0.15) is 17.2 Å². The van der Waals surface area contributed by atoms with E-state index in [-0.39, 0.29) is 6.61 Å². The van der Waals surface area contributed by atoms with Crippen molar-refractivity contribution in [1.29, 1.82) is 0 Å². The standard InChI is InChI=1S/C18H19NO5/c1-23-17(21)15(16(20)14-10-6-3-7-11-14)19-18(22)24-12-13-8-4-2-5-9-13/h2-11,15-16,20H,12H2,1H3,(H,19,22). The molecule has 0 fully saturated rings. The highest BCUT2D eigenvalue weighted by Crippen LogP contribution is 2.17. The van der Waals surface area contributed by atoms with Crippen LogP contribution < -0.4 is 5.32 Å². The minimum Gasteiger partial charge on any atom is -0.467 e. The third-order valence-corrected chi connectivity index (χ3v) is 3.40. The van der Waals surface area contributed by atoms with Crippen molar-refractivity contribution in [2.24, 2.45) is 0 Å². The number of hydrogen-bond acceptors (Lipinski definition) is 5. The molecule has 1 amide bonds. The number of esters is 1. The van der Waals surface area contributed by atoms with E-state index < -0.39 is 24.2 Å². The number of rotatable bonds is 6. The Morgan fingerprint density at radius 1 is 1.04 bits per heavy atom. The van der Waals surface area contributed by atoms with Gasteiger partial charge >= 0.3 is 12.1 Å². The molecular weight excluding hydrogens is 310 g/mol. The second-order valence-electron chi connectivity index (χ2n) is 5.06. The highest BCUT2D eigenvalue weighted by molar-refractivity contribution is 5.82. The van der Waals surface area contributed by atoms with Crippen molar-refractivity contribution in [3.63, 3.8) is 0 Å². The summed E-state index contributed by atoms with van der Waals surface area (Å²) in [5, 5.41) is 12.7. The summed E-state index contributed by atoms with van der Waals surface area (Å²) in [6.45, 7) is 0.0575. The van der Waals surface area contributed by atoms with Gasteiger partial charge in [-0.25, -0.2) is 9.59 Å². The number of methoxy groups -OCH3 is 1. The van der Waals surface area contributed by atoms with Gasteiger partial charge < -0.3 is 19.9 Å². The van der Waals surface area contributed by atoms with Crippen LogP contribution in [0.15, 0.2) is 60.7 Å². The van der Waals surface area contributed by atoms with Gasteiger partial charge in [0, 0.05) is 0 Å². The summed E-state index contributed by atoms with van der Waals surface area (Å²) in [6, 6.07) is 16.4. The summed E-state index contributed by atoms with van der Waals surface area (Å²) in [7, 11) is 1.18. The minimum atomic E-state index is -1.26. The van der Waals surface area contributed by atoms with E-state index in [0.29, 0.717) is 5.56 Å². The fraction of sp³-hybridized carbons (Fsp3) is 0.222. The van der Waals surface area contributed by atoms with E-state index >= 15 is 0 Å². The molecule has 0 aromatic heterocycles. The van der Waals surface area contributed by atoms with Gasteiger partial charge in [-0.2, -0.15) is 0 Å². The summed E-state index contributed by atoms with van der Waals surface area (Å²) in [4.78, 5) is 23.8. The first-order valence-electron chi connectivity index (χ1n) is 7.40. The molecule has 2 aromatic carbocycles. The van der Waals surface area contributed by atoms with Crippen molar-refractivity contribution >= 4 is 12.1 Å². The molecule has 0 bridgehead atoms. The fourth-order valence-electron chi connectivity index (χ4n) is 2.13. The number of aliphatic hydroxyl groups is 1. The third kappa shape index (κ3) is 4.82. The number of carbonyl (C=O) groups is 2. The molecule has 2 N–H and O–H groups in total. The van der Waals surface area contributed by atoms with E-state index in [1.54, 1.807) is 30.3 Å². The maximum Gasteiger partial charge on any atom is 0.408 e. The molecule has 0 saturated heterocycles. The Morgan fingerprint density at radius 3 is 2.21 bits per heavy atom. The number of ether oxygens (including phenoxy) is 2. The summed E-state index contributed by atoms with van der Waals surface area (Å²) >= 11 is 0. The molecule has 2 aromatic rings. The lowest BCUT2D eigenvalue weighted by Crippen LogP contribution is -2.45. The average molecular weight is 329 g/mol. The number of carbonyl (C=O) groups excluding carboxylic acids is 2. The molecule has 0 heterocycles. The lowest BCUT2D eigenvalue weighted by Gasteiger charge is -2.22. The summed E-state index contributed by atoms with van der Waals surface area (Å²) in [6.07, 6.45) is -2.06. The fourth-order valence-corrected chi connectivity index (χ4v) is 2.13. The molecule has 0 radical (unpaired) electrons. The van der Waals surface area contributed by atoms with Crippen molar-refractivity contribution in [1.82, 2.24) is 5.32 Å². The number of amides is 1. The lowest BCUT2D eigenvalue weighted by molar-refractivity contribution is -0.146. The zero-order valence-corrected chi connectivity index (χ0v) is 13.2. The van der Waals surface area contributed by atoms with Crippen LogP contribution >= 0.6 is 0 Å². The Kier molecular flexibility index (Phi) is 6.33. The van der Waals surface area contributed by atoms with Crippen LogP contribution in [0.4, 0.5) is 4.79 Å². The number of alkyl carbamates (subject to hydrolysis) is 1. The van der Waals surface area contributed by atoms with Gasteiger partial charge in [-0.15, -0.1) is 0 Å². The molecule has 0 spiro atoms. The van der Waals surface area contributed by atoms with E-state index in [4.69, 9.17) is 4.74 Å². The normalized spacial score (nSPS) is 12.8. The maximum absolute atomic E-state index is 11.9. The van der Waals surface area contributed by atoms with Crippen LogP contribution in [-0.4, -0.2) is 30.3 Å². The quantitative estimate of drug-likeness (QED) is 0.794. The Hall–Kier alpha value is -2.86. The van der Waals surface area contributed by atoms with Crippen LogP contribution in [-0.2, 0) is 20.9 Å². The first kappa shape index (κ1) is 17.5. The Bertz CT molecular complexity index is 660. The zero-order valence-electron chi connectivity index (χ0n) is 13.2. The molecular formula is C18H19NO5. The van der Waals surface area contributed by atoms with E-state index in [9.17, 15) is 14.7 Å². The van der Waals surface area contributed by atoms with Crippen molar-refractivity contribution in [2.45, 2.75) is 18.8 Å². The largest absolute Gasteiger partial charge is 0.467 e. The molecule has 2 rings (SSSR count). The smallest absolute Gasteiger partial charge is 0.408 e. The number of hydrogen-bond donors (Lipinski definition) is 2. The molecule has 24 heavy (non-hydrogen) atoms. The average Bonchev–Trinajstić information content (AvgIpc) is 2.65. The lowest BCUT2D eigenvalue weighted by atomic mass is 10.0. The second kappa shape index (κ2) is 8.69. The highest BCUT2D eigenvalue weighted by Gasteiger charge is 2.31. The molecule has 0 saturated carbocycles. The van der Waals surface area contributed by atoms with Crippen LogP contribution in [0.5, 0.6) is 0 Å². The molecule has 6 heteroatoms. The van der Waals surface area contributed by atoms with Crippen LogP contribution in [0.25, 0.3) is 0 Å². The van der Waals surface area contributed by atoms with Crippen molar-refractivity contribution < 1.29 is 24.2 Å². The first-order chi connectivity index (χ1) is 11.6. The highest BCUT2D eigenvalue weighted by atomic mass is 16.6. The zero-order chi connectivity index (χ0) is 17.4. The van der Waals surface area contributed by atoms with E-state index in [2.05, 4.69) is 10.1 Å². The SMILES string of the molecule is COC(=O)C(NC(=O)OCc1ccccc1)C(O)c1ccccc1. The van der Waals surface area contributed by atoms with Gasteiger partial charge in [0.05, 0.1) is 7.11 Å². The Labute approximate surface area is 140 Å². The molecule has 2 unspecified atom stereocenters. The van der Waals surface area contributed by atoms with Crippen molar-refractivity contribution in [3.8, 4) is 0 Å². The first-order valence-corrected chi connectivity index (χ1v) is 7.40. The van der Waals surface area contributed by atoms with Crippen LogP contribution in [0.3, 0.4) is 0 Å². The predicted octanol–water partition coefficient (Wildman–Crippen LogP) is 2.19. The summed E-state index contributed by atoms with van der Waals surface area (Å²) in [5.74, 6) is -0.761. The molecule has 6 nitrogen and oxygen atoms in total. The van der Waals surface area contributed by atoms with E-state index in [1.165, 1.54) is 7.11 Å². The molecule has 2 atom stereocenters. The van der Waals surface area contributed by atoms with Gasteiger partial charge in [0.15, 0.2) is 6.04 Å². The minimum absolute atomic E-state index is 0.0575. The maximum atomic E-state index is 11.9. The number of aliphatic hydroxyl groups excluding tert-OH is 1. The predicted molar refractivity (Wildman–Crippen MR) is 87.0 cm³/mol. The Morgan fingerprint density at radius 2 is 1.62 bits per heavy atom. The second-order valence-corrected chi connectivity index (χ2v) is 5.06. The van der Waals surface area contributed by atoms with Gasteiger partial charge in [-0.05, 0) is 11.1 Å². The number of nitrogens with one attached hydrogen (secondary N) is 1. The van der Waals surface area contributed by atoms with E-state index in [0.717, 1.165) is 5.56 Å². The molecule has 126 valence electrons. The van der Waals surface area contributed by atoms with E-state index in [1.807, 2.05) is 30.3 Å². The summed E-state index contributed by atoms with van der Waals surface area (Å²) in [5.41, 5.74) is 1.29. The molecule has 0 aliphatic heterocycles. The van der Waals surface area contributed by atoms with Gasteiger partial charge in [0.25, 0.3) is 0 Å². The number of benzene rings is 2. The van der Waals surface area contributed by atoms with Crippen molar-refractivity contribution in [3.05, 3.63) is 71.8 Å². The topological polar surface area (TPSA) is 84.9 Å².